The first-order chi connectivity index (χ1) is 6.24. The molecule has 0 amide bonds. The van der Waals surface area contributed by atoms with Gasteiger partial charge in [-0.25, -0.2) is 0 Å². The van der Waals surface area contributed by atoms with Gasteiger partial charge in [-0.2, -0.15) is 0 Å². The van der Waals surface area contributed by atoms with Gasteiger partial charge >= 0.3 is 0 Å². The zero-order valence-electron chi connectivity index (χ0n) is 8.29. The molecule has 2 nitrogen and oxygen atoms in total. The van der Waals surface area contributed by atoms with Gasteiger partial charge in [0.15, 0.2) is 0 Å². The van der Waals surface area contributed by atoms with Gasteiger partial charge in [0.2, 0.25) is 0 Å². The molecule has 2 heteroatoms. The highest BCUT2D eigenvalue weighted by atomic mass is 16.5. The van der Waals surface area contributed by atoms with Gasteiger partial charge in [-0.3, -0.25) is 0 Å². The lowest BCUT2D eigenvalue weighted by molar-refractivity contribution is 0.336. The van der Waals surface area contributed by atoms with Crippen molar-refractivity contribution in [3.8, 4) is 5.75 Å². The van der Waals surface area contributed by atoms with E-state index < -0.39 is 0 Å². The maximum Gasteiger partial charge on any atom is 0.122 e. The normalized spacial score (nSPS) is 12.5. The molecule has 0 saturated carbocycles. The summed E-state index contributed by atoms with van der Waals surface area (Å²) >= 11 is 0. The van der Waals surface area contributed by atoms with E-state index in [-0.39, 0.29) is 6.04 Å². The van der Waals surface area contributed by atoms with E-state index in [1.165, 1.54) is 5.56 Å². The molecule has 0 fully saturated rings. The lowest BCUT2D eigenvalue weighted by atomic mass is 10.1. The van der Waals surface area contributed by atoms with Crippen LogP contribution in [0.2, 0.25) is 0 Å². The van der Waals surface area contributed by atoms with Crippen LogP contribution in [0.25, 0.3) is 0 Å². The molecule has 0 aromatic heterocycles. The van der Waals surface area contributed by atoms with Crippen molar-refractivity contribution in [2.24, 2.45) is 5.73 Å². The monoisotopic (exact) mass is 179 g/mol. The molecular weight excluding hydrogens is 162 g/mol. The van der Waals surface area contributed by atoms with Crippen LogP contribution >= 0.6 is 0 Å². The van der Waals surface area contributed by atoms with Crippen molar-refractivity contribution >= 4 is 0 Å². The van der Waals surface area contributed by atoms with Crippen LogP contribution in [0.1, 0.15) is 19.4 Å². The molecule has 0 bridgehead atoms. The van der Waals surface area contributed by atoms with Gasteiger partial charge in [-0.15, -0.1) is 0 Å². The van der Waals surface area contributed by atoms with E-state index in [0.29, 0.717) is 6.61 Å². The average molecular weight is 179 g/mol. The van der Waals surface area contributed by atoms with E-state index in [0.717, 1.165) is 12.2 Å². The fraction of sp³-hybridized carbons (Fsp3) is 0.455. The van der Waals surface area contributed by atoms with Crippen molar-refractivity contribution in [3.63, 3.8) is 0 Å². The fourth-order valence-corrected chi connectivity index (χ4v) is 1.32. The lowest BCUT2D eigenvalue weighted by Crippen LogP contribution is -2.18. The van der Waals surface area contributed by atoms with Crippen LogP contribution in [-0.4, -0.2) is 12.6 Å². The Bertz CT molecular complexity index is 258. The minimum absolute atomic E-state index is 0.182. The second-order valence-electron chi connectivity index (χ2n) is 3.22. The van der Waals surface area contributed by atoms with Crippen LogP contribution in [0.4, 0.5) is 0 Å². The molecule has 1 aromatic rings. The average Bonchev–Trinajstić information content (AvgIpc) is 2.08. The summed E-state index contributed by atoms with van der Waals surface area (Å²) in [7, 11) is 0. The Morgan fingerprint density at radius 1 is 1.38 bits per heavy atom. The first-order valence-electron chi connectivity index (χ1n) is 4.70. The standard InChI is InChI=1S/C11H17NO/c1-3-13-11-7-5-4-6-10(11)8-9(2)12/h4-7,9H,3,8,12H2,1-2H3. The number of benzene rings is 1. The zero-order chi connectivity index (χ0) is 9.68. The Morgan fingerprint density at radius 3 is 2.69 bits per heavy atom. The second kappa shape index (κ2) is 4.87. The summed E-state index contributed by atoms with van der Waals surface area (Å²) in [5, 5.41) is 0. The van der Waals surface area contributed by atoms with Crippen LogP contribution in [0.15, 0.2) is 24.3 Å². The molecule has 1 rings (SSSR count). The van der Waals surface area contributed by atoms with E-state index in [1.807, 2.05) is 32.0 Å². The van der Waals surface area contributed by atoms with E-state index in [1.54, 1.807) is 0 Å². The quantitative estimate of drug-likeness (QED) is 0.767. The molecule has 0 heterocycles. The molecule has 72 valence electrons. The molecule has 13 heavy (non-hydrogen) atoms. The van der Waals surface area contributed by atoms with Crippen LogP contribution in [-0.2, 0) is 6.42 Å². The third-order valence-corrected chi connectivity index (χ3v) is 1.81. The van der Waals surface area contributed by atoms with Crippen molar-refractivity contribution in [3.05, 3.63) is 29.8 Å². The van der Waals surface area contributed by atoms with Gasteiger partial charge in [-0.1, -0.05) is 18.2 Å². The van der Waals surface area contributed by atoms with Gasteiger partial charge in [0, 0.05) is 6.04 Å². The van der Waals surface area contributed by atoms with Gasteiger partial charge in [0.1, 0.15) is 5.75 Å². The topological polar surface area (TPSA) is 35.2 Å². The SMILES string of the molecule is CCOc1ccccc1CC(C)N. The number of ether oxygens (including phenoxy) is 1. The van der Waals surface area contributed by atoms with E-state index in [2.05, 4.69) is 6.07 Å². The van der Waals surface area contributed by atoms with Gasteiger partial charge < -0.3 is 10.5 Å². The van der Waals surface area contributed by atoms with Crippen molar-refractivity contribution < 1.29 is 4.74 Å². The third-order valence-electron chi connectivity index (χ3n) is 1.81. The first kappa shape index (κ1) is 10.1. The van der Waals surface area contributed by atoms with Crippen molar-refractivity contribution in [1.82, 2.24) is 0 Å². The summed E-state index contributed by atoms with van der Waals surface area (Å²) in [5.74, 6) is 0.960. The Kier molecular flexibility index (Phi) is 3.77. The van der Waals surface area contributed by atoms with Crippen LogP contribution < -0.4 is 10.5 Å². The highest BCUT2D eigenvalue weighted by Crippen LogP contribution is 2.18. The summed E-state index contributed by atoms with van der Waals surface area (Å²) in [5.41, 5.74) is 6.93. The molecule has 0 radical (unpaired) electrons. The number of para-hydroxylation sites is 1. The summed E-state index contributed by atoms with van der Waals surface area (Å²) in [6.07, 6.45) is 0.871. The minimum atomic E-state index is 0.182. The van der Waals surface area contributed by atoms with E-state index in [4.69, 9.17) is 10.5 Å². The number of hydrogen-bond donors (Lipinski definition) is 1. The second-order valence-corrected chi connectivity index (χ2v) is 3.22. The molecule has 1 atom stereocenters. The van der Waals surface area contributed by atoms with E-state index in [9.17, 15) is 0 Å². The Morgan fingerprint density at radius 2 is 2.08 bits per heavy atom. The van der Waals surface area contributed by atoms with Crippen molar-refractivity contribution in [2.75, 3.05) is 6.61 Å². The largest absolute Gasteiger partial charge is 0.494 e. The predicted octanol–water partition coefficient (Wildman–Crippen LogP) is 1.98. The van der Waals surface area contributed by atoms with Crippen molar-refractivity contribution in [2.45, 2.75) is 26.3 Å². The zero-order valence-corrected chi connectivity index (χ0v) is 8.29. The van der Waals surface area contributed by atoms with E-state index >= 15 is 0 Å². The number of rotatable bonds is 4. The minimum Gasteiger partial charge on any atom is -0.494 e. The fourth-order valence-electron chi connectivity index (χ4n) is 1.32. The van der Waals surface area contributed by atoms with Crippen LogP contribution in [0, 0.1) is 0 Å². The molecule has 0 saturated heterocycles. The smallest absolute Gasteiger partial charge is 0.122 e. The number of nitrogens with two attached hydrogens (primary N) is 1. The molecule has 1 unspecified atom stereocenters. The molecule has 2 N–H and O–H groups in total. The maximum atomic E-state index is 5.73. The van der Waals surface area contributed by atoms with Crippen LogP contribution in [0.3, 0.4) is 0 Å². The Balaban J connectivity index is 2.78. The molecule has 0 spiro atoms. The summed E-state index contributed by atoms with van der Waals surface area (Å²) in [6.45, 7) is 4.70. The highest BCUT2D eigenvalue weighted by Gasteiger charge is 2.03. The highest BCUT2D eigenvalue weighted by molar-refractivity contribution is 5.33. The predicted molar refractivity (Wildman–Crippen MR) is 55.0 cm³/mol. The summed E-state index contributed by atoms with van der Waals surface area (Å²) in [4.78, 5) is 0. The third kappa shape index (κ3) is 3.07. The van der Waals surface area contributed by atoms with Gasteiger partial charge in [0.25, 0.3) is 0 Å². The summed E-state index contributed by atoms with van der Waals surface area (Å²) in [6, 6.07) is 8.23. The van der Waals surface area contributed by atoms with Crippen LogP contribution in [0.5, 0.6) is 5.75 Å². The molecule has 0 aliphatic heterocycles. The molecular formula is C11H17NO. The Hall–Kier alpha value is -1.02. The van der Waals surface area contributed by atoms with Gasteiger partial charge in [-0.05, 0) is 31.9 Å². The van der Waals surface area contributed by atoms with Gasteiger partial charge in [0.05, 0.1) is 6.61 Å². The molecule has 0 aliphatic carbocycles. The van der Waals surface area contributed by atoms with Crippen molar-refractivity contribution in [1.29, 1.82) is 0 Å². The number of hydrogen-bond acceptors (Lipinski definition) is 2. The molecule has 0 aliphatic rings. The first-order valence-corrected chi connectivity index (χ1v) is 4.70. The molecule has 1 aromatic carbocycles. The lowest BCUT2D eigenvalue weighted by Gasteiger charge is -2.11. The maximum absolute atomic E-state index is 5.73. The summed E-state index contributed by atoms with van der Waals surface area (Å²) < 4.78 is 5.48. The Labute approximate surface area is 79.7 Å².